The molecular weight excluding hydrogens is 358 g/mol. The minimum absolute atomic E-state index is 0.237. The molecule has 2 rings (SSSR count). The molecule has 0 bridgehead atoms. The van der Waals surface area contributed by atoms with Crippen LogP contribution in [0.2, 0.25) is 0 Å². The summed E-state index contributed by atoms with van der Waals surface area (Å²) in [7, 11) is -2.04. The molecule has 9 heteroatoms. The number of H-pyrrole nitrogens is 1. The van der Waals surface area contributed by atoms with Gasteiger partial charge in [0.2, 0.25) is 10.0 Å². The average molecular weight is 376 g/mol. The highest BCUT2D eigenvalue weighted by Gasteiger charge is 2.28. The predicted molar refractivity (Wildman–Crippen MR) is 82.3 cm³/mol. The molecule has 2 aromatic rings. The lowest BCUT2D eigenvalue weighted by Crippen LogP contribution is -2.28. The fourth-order valence-corrected chi connectivity index (χ4v) is 4.07. The van der Waals surface area contributed by atoms with Gasteiger partial charge in [-0.05, 0) is 36.7 Å². The van der Waals surface area contributed by atoms with Gasteiger partial charge in [0, 0.05) is 13.6 Å². The van der Waals surface area contributed by atoms with Gasteiger partial charge >= 0.3 is 0 Å². The molecular formula is C12H18BrN5O2S. The summed E-state index contributed by atoms with van der Waals surface area (Å²) >= 11 is 3.41. The van der Waals surface area contributed by atoms with Crippen molar-refractivity contribution in [2.24, 2.45) is 0 Å². The van der Waals surface area contributed by atoms with Crippen molar-refractivity contribution in [1.29, 1.82) is 0 Å². The van der Waals surface area contributed by atoms with Gasteiger partial charge in [0.25, 0.3) is 0 Å². The molecule has 0 aliphatic rings. The molecule has 0 amide bonds. The monoisotopic (exact) mass is 375 g/mol. The van der Waals surface area contributed by atoms with Crippen LogP contribution in [0.25, 0.3) is 0 Å². The first-order chi connectivity index (χ1) is 9.78. The van der Waals surface area contributed by atoms with E-state index in [4.69, 9.17) is 0 Å². The number of hydrogen-bond acceptors (Lipinski definition) is 4. The van der Waals surface area contributed by atoms with Crippen LogP contribution in [0.4, 0.5) is 0 Å². The van der Waals surface area contributed by atoms with Crippen LogP contribution >= 0.6 is 15.9 Å². The van der Waals surface area contributed by atoms with E-state index in [9.17, 15) is 8.42 Å². The summed E-state index contributed by atoms with van der Waals surface area (Å²) in [5.41, 5.74) is 1.84. The van der Waals surface area contributed by atoms with Gasteiger partial charge in [-0.1, -0.05) is 0 Å². The molecule has 0 radical (unpaired) electrons. The van der Waals surface area contributed by atoms with Crippen LogP contribution in [0.1, 0.15) is 24.0 Å². The maximum Gasteiger partial charge on any atom is 0.246 e. The first-order valence-corrected chi connectivity index (χ1v) is 8.70. The van der Waals surface area contributed by atoms with E-state index in [1.165, 1.54) is 4.31 Å². The largest absolute Gasteiger partial charge is 0.281 e. The molecule has 7 nitrogen and oxygen atoms in total. The third-order valence-electron chi connectivity index (χ3n) is 3.30. The first kappa shape index (κ1) is 16.2. The molecule has 21 heavy (non-hydrogen) atoms. The van der Waals surface area contributed by atoms with E-state index in [1.54, 1.807) is 31.8 Å². The van der Waals surface area contributed by atoms with Crippen molar-refractivity contribution in [2.75, 3.05) is 7.05 Å². The third kappa shape index (κ3) is 2.90. The second-order valence-corrected chi connectivity index (χ2v) is 7.62. The Hall–Kier alpha value is -1.19. The summed E-state index contributed by atoms with van der Waals surface area (Å²) in [6.45, 7) is 6.25. The number of aromatic amines is 1. The molecule has 0 saturated heterocycles. The van der Waals surface area contributed by atoms with E-state index in [2.05, 4.69) is 31.2 Å². The van der Waals surface area contributed by atoms with E-state index in [-0.39, 0.29) is 11.4 Å². The molecule has 0 spiro atoms. The second kappa shape index (κ2) is 5.90. The van der Waals surface area contributed by atoms with E-state index < -0.39 is 10.0 Å². The molecule has 0 aliphatic carbocycles. The topological polar surface area (TPSA) is 83.9 Å². The summed E-state index contributed by atoms with van der Waals surface area (Å²) in [6, 6.07) is 0. The number of nitrogens with zero attached hydrogens (tertiary/aromatic N) is 4. The lowest BCUT2D eigenvalue weighted by atomic mass is 10.4. The van der Waals surface area contributed by atoms with Crippen LogP contribution in [0.3, 0.4) is 0 Å². The van der Waals surface area contributed by atoms with Gasteiger partial charge < -0.3 is 0 Å². The van der Waals surface area contributed by atoms with Crippen LogP contribution in [0.15, 0.2) is 15.6 Å². The minimum atomic E-state index is -3.60. The SMILES string of the molecule is CCn1ncc(Br)c1CN(C)S(=O)(=O)c1c(C)n[nH]c1C. The maximum absolute atomic E-state index is 12.7. The van der Waals surface area contributed by atoms with Gasteiger partial charge in [0.05, 0.1) is 34.3 Å². The quantitative estimate of drug-likeness (QED) is 0.863. The minimum Gasteiger partial charge on any atom is -0.281 e. The molecule has 0 aromatic carbocycles. The van der Waals surface area contributed by atoms with E-state index in [0.717, 1.165) is 10.2 Å². The van der Waals surface area contributed by atoms with Crippen molar-refractivity contribution in [2.45, 2.75) is 38.8 Å². The lowest BCUT2D eigenvalue weighted by molar-refractivity contribution is 0.445. The maximum atomic E-state index is 12.7. The summed E-state index contributed by atoms with van der Waals surface area (Å²) in [5, 5.41) is 10.9. The van der Waals surface area contributed by atoms with Gasteiger partial charge in [0.1, 0.15) is 4.90 Å². The first-order valence-electron chi connectivity index (χ1n) is 6.47. The van der Waals surface area contributed by atoms with Crippen molar-refractivity contribution in [3.63, 3.8) is 0 Å². The van der Waals surface area contributed by atoms with Crippen LogP contribution in [0, 0.1) is 13.8 Å². The van der Waals surface area contributed by atoms with E-state index in [1.807, 2.05) is 6.92 Å². The van der Waals surface area contributed by atoms with Crippen molar-refractivity contribution < 1.29 is 8.42 Å². The van der Waals surface area contributed by atoms with Crippen molar-refractivity contribution in [3.05, 3.63) is 27.8 Å². The van der Waals surface area contributed by atoms with Gasteiger partial charge in [-0.2, -0.15) is 14.5 Å². The Kier molecular flexibility index (Phi) is 4.54. The van der Waals surface area contributed by atoms with Crippen LogP contribution < -0.4 is 0 Å². The van der Waals surface area contributed by atoms with Crippen LogP contribution in [-0.2, 0) is 23.1 Å². The van der Waals surface area contributed by atoms with Gasteiger partial charge in [-0.25, -0.2) is 8.42 Å². The third-order valence-corrected chi connectivity index (χ3v) is 6.03. The zero-order chi connectivity index (χ0) is 15.8. The predicted octanol–water partition coefficient (Wildman–Crippen LogP) is 1.83. The molecule has 2 aromatic heterocycles. The number of halogens is 1. The molecule has 0 saturated carbocycles. The standard InChI is InChI=1S/C12H18BrN5O2S/c1-5-18-11(10(13)6-14-18)7-17(4)21(19,20)12-8(2)15-16-9(12)3/h6H,5,7H2,1-4H3,(H,15,16). The van der Waals surface area contributed by atoms with E-state index in [0.29, 0.717) is 17.9 Å². The van der Waals surface area contributed by atoms with Gasteiger partial charge in [0.15, 0.2) is 0 Å². The van der Waals surface area contributed by atoms with Crippen molar-refractivity contribution in [1.82, 2.24) is 24.3 Å². The lowest BCUT2D eigenvalue weighted by Gasteiger charge is -2.18. The highest BCUT2D eigenvalue weighted by Crippen LogP contribution is 2.24. The number of sulfonamides is 1. The Labute approximate surface area is 132 Å². The summed E-state index contributed by atoms with van der Waals surface area (Å²) in [4.78, 5) is 0.240. The Morgan fingerprint density at radius 2 is 2.10 bits per heavy atom. The van der Waals surface area contributed by atoms with Crippen molar-refractivity contribution in [3.8, 4) is 0 Å². The summed E-state index contributed by atoms with van der Waals surface area (Å²) in [5.74, 6) is 0. The normalized spacial score (nSPS) is 12.3. The average Bonchev–Trinajstić information content (AvgIpc) is 2.93. The Morgan fingerprint density at radius 1 is 1.43 bits per heavy atom. The zero-order valence-corrected chi connectivity index (χ0v) is 14.8. The highest BCUT2D eigenvalue weighted by molar-refractivity contribution is 9.10. The molecule has 0 aliphatic heterocycles. The Bertz CT molecular complexity index is 730. The smallest absolute Gasteiger partial charge is 0.246 e. The molecule has 0 unspecified atom stereocenters. The van der Waals surface area contributed by atoms with Crippen molar-refractivity contribution >= 4 is 26.0 Å². The van der Waals surface area contributed by atoms with Crippen LogP contribution in [-0.4, -0.2) is 39.7 Å². The van der Waals surface area contributed by atoms with Crippen LogP contribution in [0.5, 0.6) is 0 Å². The zero-order valence-electron chi connectivity index (χ0n) is 12.4. The molecule has 1 N–H and O–H groups in total. The number of aromatic nitrogens is 4. The van der Waals surface area contributed by atoms with Gasteiger partial charge in [-0.15, -0.1) is 0 Å². The van der Waals surface area contributed by atoms with E-state index >= 15 is 0 Å². The summed E-state index contributed by atoms with van der Waals surface area (Å²) < 4.78 is 29.3. The fraction of sp³-hybridized carbons (Fsp3) is 0.500. The molecule has 2 heterocycles. The molecule has 0 atom stereocenters. The second-order valence-electron chi connectivity index (χ2n) is 4.78. The highest BCUT2D eigenvalue weighted by atomic mass is 79.9. The Balaban J connectivity index is 2.36. The molecule has 0 fully saturated rings. The van der Waals surface area contributed by atoms with Gasteiger partial charge in [-0.3, -0.25) is 9.78 Å². The molecule has 116 valence electrons. The number of rotatable bonds is 5. The number of hydrogen-bond donors (Lipinski definition) is 1. The fourth-order valence-electron chi connectivity index (χ4n) is 2.19. The number of aryl methyl sites for hydroxylation is 3. The Morgan fingerprint density at radius 3 is 2.62 bits per heavy atom. The number of nitrogens with one attached hydrogen (secondary N) is 1. The summed E-state index contributed by atoms with van der Waals surface area (Å²) in [6.07, 6.45) is 1.67.